The van der Waals surface area contributed by atoms with Crippen LogP contribution in [0.5, 0.6) is 11.5 Å². The van der Waals surface area contributed by atoms with Crippen molar-refractivity contribution in [3.05, 3.63) is 23.3 Å². The molecule has 0 spiro atoms. The van der Waals surface area contributed by atoms with E-state index in [4.69, 9.17) is 9.47 Å². The van der Waals surface area contributed by atoms with Crippen LogP contribution in [-0.2, 0) is 17.8 Å². The molecule has 1 fully saturated rings. The maximum atomic E-state index is 12.5. The number of aliphatic hydroxyl groups is 1. The Morgan fingerprint density at radius 3 is 2.55 bits per heavy atom. The van der Waals surface area contributed by atoms with Crippen LogP contribution in [0.3, 0.4) is 0 Å². The Hall–Kier alpha value is -1.79. The fourth-order valence-corrected chi connectivity index (χ4v) is 3.20. The molecule has 1 aromatic rings. The van der Waals surface area contributed by atoms with Gasteiger partial charge in [0.05, 0.1) is 26.4 Å². The lowest BCUT2D eigenvalue weighted by atomic mass is 9.98. The molecule has 1 amide bonds. The topological polar surface area (TPSA) is 71.0 Å². The summed E-state index contributed by atoms with van der Waals surface area (Å²) < 4.78 is 10.7. The summed E-state index contributed by atoms with van der Waals surface area (Å²) in [5.74, 6) is 1.48. The second kappa shape index (κ2) is 6.14. The molecule has 0 aromatic heterocycles. The summed E-state index contributed by atoms with van der Waals surface area (Å²) in [6, 6.07) is 3.68. The van der Waals surface area contributed by atoms with Crippen molar-refractivity contribution in [1.82, 2.24) is 10.2 Å². The maximum Gasteiger partial charge on any atom is 0.240 e. The summed E-state index contributed by atoms with van der Waals surface area (Å²) in [5.41, 5.74) is 2.29. The first-order valence-electron chi connectivity index (χ1n) is 7.56. The number of ether oxygens (including phenoxy) is 2. The summed E-state index contributed by atoms with van der Waals surface area (Å²) in [5, 5.41) is 12.6. The van der Waals surface area contributed by atoms with Crippen LogP contribution in [-0.4, -0.2) is 55.4 Å². The van der Waals surface area contributed by atoms with Crippen molar-refractivity contribution >= 4 is 5.91 Å². The molecule has 0 aliphatic carbocycles. The monoisotopic (exact) mass is 306 g/mol. The first-order valence-corrected chi connectivity index (χ1v) is 7.56. The molecule has 2 N–H and O–H groups in total. The Kier molecular flexibility index (Phi) is 4.22. The van der Waals surface area contributed by atoms with Gasteiger partial charge in [-0.1, -0.05) is 0 Å². The predicted molar refractivity (Wildman–Crippen MR) is 81.1 cm³/mol. The normalized spacial score (nSPS) is 24.0. The van der Waals surface area contributed by atoms with Gasteiger partial charge in [-0.25, -0.2) is 0 Å². The molecule has 1 aromatic carbocycles. The van der Waals surface area contributed by atoms with Gasteiger partial charge < -0.3 is 24.8 Å². The van der Waals surface area contributed by atoms with Crippen molar-refractivity contribution < 1.29 is 19.4 Å². The van der Waals surface area contributed by atoms with Crippen LogP contribution in [0.4, 0.5) is 0 Å². The number of benzene rings is 1. The number of β-amino-alcohol motifs (C(OH)–C–C–N with tert-alkyl or cyclic N) is 1. The van der Waals surface area contributed by atoms with E-state index < -0.39 is 6.10 Å². The van der Waals surface area contributed by atoms with Crippen molar-refractivity contribution in [2.75, 3.05) is 27.3 Å². The molecule has 2 atom stereocenters. The third kappa shape index (κ3) is 2.76. The van der Waals surface area contributed by atoms with Crippen LogP contribution in [0.15, 0.2) is 12.1 Å². The molecule has 2 aliphatic rings. The number of aliphatic hydroxyl groups excluding tert-OH is 1. The quantitative estimate of drug-likeness (QED) is 0.841. The van der Waals surface area contributed by atoms with E-state index in [0.717, 1.165) is 17.7 Å². The lowest BCUT2D eigenvalue weighted by Crippen LogP contribution is -2.45. The highest BCUT2D eigenvalue weighted by molar-refractivity contribution is 5.82. The second-order valence-electron chi connectivity index (χ2n) is 5.84. The molecule has 6 heteroatoms. The second-order valence-corrected chi connectivity index (χ2v) is 5.84. The van der Waals surface area contributed by atoms with Gasteiger partial charge in [-0.2, -0.15) is 0 Å². The Labute approximate surface area is 130 Å². The molecule has 0 saturated carbocycles. The zero-order valence-corrected chi connectivity index (χ0v) is 13.0. The molecule has 3 rings (SSSR count). The van der Waals surface area contributed by atoms with Crippen molar-refractivity contribution in [2.45, 2.75) is 31.5 Å². The van der Waals surface area contributed by atoms with E-state index in [9.17, 15) is 9.90 Å². The van der Waals surface area contributed by atoms with Gasteiger partial charge in [0.25, 0.3) is 0 Å². The van der Waals surface area contributed by atoms with Gasteiger partial charge in [-0.3, -0.25) is 4.79 Å². The number of amides is 1. The van der Waals surface area contributed by atoms with Gasteiger partial charge in [0.2, 0.25) is 5.91 Å². The Balaban J connectivity index is 1.77. The number of methoxy groups -OCH3 is 2. The fraction of sp³-hybridized carbons (Fsp3) is 0.562. The highest BCUT2D eigenvalue weighted by Gasteiger charge is 2.33. The number of nitrogens with one attached hydrogen (secondary N) is 1. The number of hydrogen-bond donors (Lipinski definition) is 2. The predicted octanol–water partition coefficient (Wildman–Crippen LogP) is 0.311. The molecule has 2 aliphatic heterocycles. The Bertz CT molecular complexity index is 576. The lowest BCUT2D eigenvalue weighted by molar-refractivity contribution is -0.134. The number of carbonyl (C=O) groups excluding carboxylic acids is 1. The molecule has 2 heterocycles. The van der Waals surface area contributed by atoms with Gasteiger partial charge in [0, 0.05) is 19.6 Å². The average molecular weight is 306 g/mol. The minimum atomic E-state index is -0.421. The molecule has 22 heavy (non-hydrogen) atoms. The SMILES string of the molecule is COc1cc2c(cc1OC)CN(C(=O)[C@H]1C[C@H](O)CN1)CC2. The van der Waals surface area contributed by atoms with Gasteiger partial charge >= 0.3 is 0 Å². The summed E-state index contributed by atoms with van der Waals surface area (Å²) in [4.78, 5) is 14.4. The van der Waals surface area contributed by atoms with E-state index in [2.05, 4.69) is 5.32 Å². The largest absolute Gasteiger partial charge is 0.493 e. The van der Waals surface area contributed by atoms with Crippen LogP contribution in [0.1, 0.15) is 17.5 Å². The Morgan fingerprint density at radius 2 is 1.95 bits per heavy atom. The summed E-state index contributed by atoms with van der Waals surface area (Å²) in [6.07, 6.45) is 0.876. The van der Waals surface area contributed by atoms with Crippen LogP contribution in [0.25, 0.3) is 0 Å². The van der Waals surface area contributed by atoms with E-state index >= 15 is 0 Å². The van der Waals surface area contributed by atoms with Gasteiger partial charge in [0.1, 0.15) is 0 Å². The van der Waals surface area contributed by atoms with Crippen LogP contribution in [0.2, 0.25) is 0 Å². The Morgan fingerprint density at radius 1 is 1.27 bits per heavy atom. The van der Waals surface area contributed by atoms with Crippen LogP contribution >= 0.6 is 0 Å². The van der Waals surface area contributed by atoms with Gasteiger partial charge in [0.15, 0.2) is 11.5 Å². The molecular weight excluding hydrogens is 284 g/mol. The molecule has 6 nitrogen and oxygen atoms in total. The maximum absolute atomic E-state index is 12.5. The molecule has 0 radical (unpaired) electrons. The minimum Gasteiger partial charge on any atom is -0.493 e. The van der Waals surface area contributed by atoms with Crippen molar-refractivity contribution in [3.8, 4) is 11.5 Å². The van der Waals surface area contributed by atoms with E-state index in [-0.39, 0.29) is 11.9 Å². The molecular formula is C16H22N2O4. The van der Waals surface area contributed by atoms with Gasteiger partial charge in [-0.15, -0.1) is 0 Å². The number of fused-ring (bicyclic) bond motifs is 1. The summed E-state index contributed by atoms with van der Waals surface area (Å²) in [7, 11) is 3.24. The standard InChI is InChI=1S/C16H22N2O4/c1-21-14-5-10-3-4-18(9-11(10)6-15(14)22-2)16(20)13-7-12(19)8-17-13/h5-6,12-13,17,19H,3-4,7-9H2,1-2H3/t12-,13+/m0/s1. The smallest absolute Gasteiger partial charge is 0.240 e. The van der Waals surface area contributed by atoms with Crippen molar-refractivity contribution in [1.29, 1.82) is 0 Å². The van der Waals surface area contributed by atoms with Crippen molar-refractivity contribution in [2.24, 2.45) is 0 Å². The highest BCUT2D eigenvalue weighted by atomic mass is 16.5. The van der Waals surface area contributed by atoms with Crippen LogP contribution in [0, 0.1) is 0 Å². The zero-order valence-electron chi connectivity index (χ0n) is 13.0. The number of rotatable bonds is 3. The van der Waals surface area contributed by atoms with E-state index in [1.165, 1.54) is 5.56 Å². The first-order chi connectivity index (χ1) is 10.6. The number of hydrogen-bond acceptors (Lipinski definition) is 5. The lowest BCUT2D eigenvalue weighted by Gasteiger charge is -2.31. The highest BCUT2D eigenvalue weighted by Crippen LogP contribution is 2.33. The molecule has 1 saturated heterocycles. The van der Waals surface area contributed by atoms with E-state index in [0.29, 0.717) is 31.8 Å². The fourth-order valence-electron chi connectivity index (χ4n) is 3.20. The molecule has 120 valence electrons. The van der Waals surface area contributed by atoms with Gasteiger partial charge in [-0.05, 0) is 36.1 Å². The summed E-state index contributed by atoms with van der Waals surface area (Å²) in [6.45, 7) is 1.75. The van der Waals surface area contributed by atoms with E-state index in [1.807, 2.05) is 17.0 Å². The third-order valence-electron chi connectivity index (χ3n) is 4.44. The summed E-state index contributed by atoms with van der Waals surface area (Å²) >= 11 is 0. The number of carbonyl (C=O) groups is 1. The first kappa shape index (κ1) is 15.1. The van der Waals surface area contributed by atoms with Crippen LogP contribution < -0.4 is 14.8 Å². The van der Waals surface area contributed by atoms with Crippen molar-refractivity contribution in [3.63, 3.8) is 0 Å². The zero-order chi connectivity index (χ0) is 15.7. The average Bonchev–Trinajstić information content (AvgIpc) is 2.98. The van der Waals surface area contributed by atoms with E-state index in [1.54, 1.807) is 14.2 Å². The number of nitrogens with zero attached hydrogens (tertiary/aromatic N) is 1. The molecule has 0 bridgehead atoms. The minimum absolute atomic E-state index is 0.0667. The third-order valence-corrected chi connectivity index (χ3v) is 4.44. The molecule has 0 unspecified atom stereocenters.